The summed E-state index contributed by atoms with van der Waals surface area (Å²) in [6, 6.07) is 24.8. The van der Waals surface area contributed by atoms with Crippen LogP contribution in [-0.4, -0.2) is 52.8 Å². The van der Waals surface area contributed by atoms with Crippen LogP contribution in [0.3, 0.4) is 0 Å². The van der Waals surface area contributed by atoms with Crippen molar-refractivity contribution in [2.75, 3.05) is 26.3 Å². The smallest absolute Gasteiger partial charge is 0.341 e. The van der Waals surface area contributed by atoms with Gasteiger partial charge >= 0.3 is 11.9 Å². The number of benzene rings is 3. The summed E-state index contributed by atoms with van der Waals surface area (Å²) in [5.41, 5.74) is 15.5. The van der Waals surface area contributed by atoms with Crippen molar-refractivity contribution in [3.8, 4) is 0 Å². The number of pyridine rings is 3. The molecular formula is C33H32Cl2I3N7O5. The number of methoxy groups -OCH3 is 2. The largest absolute Gasteiger partial charge is 0.465 e. The van der Waals surface area contributed by atoms with Crippen LogP contribution in [0.25, 0.3) is 32.7 Å². The molecule has 0 saturated heterocycles. The van der Waals surface area contributed by atoms with Gasteiger partial charge in [0.1, 0.15) is 15.9 Å². The molecule has 0 fully saturated rings. The quantitative estimate of drug-likeness (QED) is 0.0284. The number of esters is 2. The number of carbonyl (C=O) groups excluding carboxylic acids is 2. The zero-order valence-corrected chi connectivity index (χ0v) is 34.6. The summed E-state index contributed by atoms with van der Waals surface area (Å²) in [6.07, 6.45) is 0. The van der Waals surface area contributed by atoms with E-state index in [2.05, 4.69) is 104 Å². The van der Waals surface area contributed by atoms with Crippen LogP contribution >= 0.6 is 91.0 Å². The third-order valence-electron chi connectivity index (χ3n) is 6.07. The minimum atomic E-state index is -0.474. The van der Waals surface area contributed by atoms with Gasteiger partial charge in [0.15, 0.2) is 5.82 Å². The van der Waals surface area contributed by atoms with E-state index in [0.29, 0.717) is 22.1 Å². The summed E-state index contributed by atoms with van der Waals surface area (Å²) >= 11 is 18.3. The summed E-state index contributed by atoms with van der Waals surface area (Å²) in [5, 5.41) is 11.2. The first kappa shape index (κ1) is 43.1. The van der Waals surface area contributed by atoms with Gasteiger partial charge in [-0.3, -0.25) is 0 Å². The molecule has 0 unspecified atom stereocenters. The number of anilines is 1. The first-order valence-corrected chi connectivity index (χ1v) is 18.0. The Morgan fingerprint density at radius 2 is 1.16 bits per heavy atom. The van der Waals surface area contributed by atoms with Crippen molar-refractivity contribution in [2.45, 2.75) is 6.92 Å². The van der Waals surface area contributed by atoms with E-state index in [1.54, 1.807) is 25.1 Å². The average molecular weight is 1060 g/mol. The molecule has 3 aromatic heterocycles. The number of halogens is 5. The summed E-state index contributed by atoms with van der Waals surface area (Å²) in [7, 11) is 2.64. The minimum absolute atomic E-state index is 0. The molecule has 17 heteroatoms. The molecule has 0 spiro atoms. The van der Waals surface area contributed by atoms with Crippen molar-refractivity contribution in [1.82, 2.24) is 15.0 Å². The highest BCUT2D eigenvalue weighted by Crippen LogP contribution is 2.24. The zero-order chi connectivity index (χ0) is 37.4. The van der Waals surface area contributed by atoms with Gasteiger partial charge in [0, 0.05) is 34.9 Å². The van der Waals surface area contributed by atoms with Crippen molar-refractivity contribution in [2.24, 2.45) is 5.84 Å². The van der Waals surface area contributed by atoms with E-state index in [0.717, 1.165) is 39.8 Å². The van der Waals surface area contributed by atoms with E-state index in [9.17, 15) is 9.59 Å². The number of nitrogens with zero attached hydrogens (tertiary/aromatic N) is 3. The fourth-order valence-corrected chi connectivity index (χ4v) is 5.89. The lowest BCUT2D eigenvalue weighted by Gasteiger charge is -2.08. The Morgan fingerprint density at radius 1 is 0.740 bits per heavy atom. The van der Waals surface area contributed by atoms with Gasteiger partial charge < -0.3 is 20.0 Å². The van der Waals surface area contributed by atoms with Crippen LogP contribution < -0.4 is 11.3 Å². The molecule has 264 valence electrons. The van der Waals surface area contributed by atoms with Gasteiger partial charge in [0.25, 0.3) is 0 Å². The molecule has 50 heavy (non-hydrogen) atoms. The number of aromatic nitrogens is 3. The topological polar surface area (TPSA) is 197 Å². The third kappa shape index (κ3) is 12.6. The minimum Gasteiger partial charge on any atom is -0.465 e. The Hall–Kier alpha value is -3.08. The number of aliphatic hydroxyl groups is 1. The molecule has 6 aromatic rings. The van der Waals surface area contributed by atoms with Crippen LogP contribution in [-0.2, 0) is 9.47 Å². The summed E-state index contributed by atoms with van der Waals surface area (Å²) in [6.45, 7) is 1.93. The van der Waals surface area contributed by atoms with Crippen LogP contribution in [0, 0.1) is 21.8 Å². The van der Waals surface area contributed by atoms with Gasteiger partial charge in [-0.1, -0.05) is 23.2 Å². The van der Waals surface area contributed by atoms with Gasteiger partial charge in [-0.25, -0.2) is 41.4 Å². The van der Waals surface area contributed by atoms with Gasteiger partial charge in [0.05, 0.1) is 36.3 Å². The van der Waals surface area contributed by atoms with E-state index < -0.39 is 11.9 Å². The summed E-state index contributed by atoms with van der Waals surface area (Å²) < 4.78 is 12.7. The molecular weight excluding hydrogens is 1030 g/mol. The van der Waals surface area contributed by atoms with Gasteiger partial charge in [0.2, 0.25) is 0 Å². The molecule has 0 saturated carbocycles. The van der Waals surface area contributed by atoms with Crippen LogP contribution in [0.4, 0.5) is 5.82 Å². The van der Waals surface area contributed by atoms with Crippen molar-refractivity contribution in [3.05, 3.63) is 111 Å². The predicted molar refractivity (Wildman–Crippen MR) is 224 cm³/mol. The molecule has 0 radical (unpaired) electrons. The van der Waals surface area contributed by atoms with Gasteiger partial charge in [-0.2, -0.15) is 0 Å². The van der Waals surface area contributed by atoms with Crippen molar-refractivity contribution >= 4 is 141 Å². The maximum Gasteiger partial charge on any atom is 0.341 e. The summed E-state index contributed by atoms with van der Waals surface area (Å²) in [5.74, 6) is 4.71. The van der Waals surface area contributed by atoms with Gasteiger partial charge in [-0.15, -0.1) is 0 Å². The molecule has 12 nitrogen and oxygen atoms in total. The third-order valence-corrected chi connectivity index (χ3v) is 8.58. The van der Waals surface area contributed by atoms with E-state index in [1.165, 1.54) is 17.8 Å². The van der Waals surface area contributed by atoms with E-state index in [1.807, 2.05) is 54.6 Å². The SMILES string of the molecule is CCO.COC(=O)c1cc2cc(I)ccc2nc1Cl.COC(=O)c1cc2cc(I)ccc2nc1NN.Clc1ccc2cc(I)ccc2n1.N=N.[HH]. The number of nitrogen functional groups attached to an aromatic ring is 1. The monoisotopic (exact) mass is 1060 g/mol. The molecule has 3 heterocycles. The van der Waals surface area contributed by atoms with Crippen LogP contribution in [0.15, 0.2) is 78.9 Å². The second-order valence-corrected chi connectivity index (χ2v) is 13.8. The number of aliphatic hydroxyl groups excluding tert-OH is 1. The Bertz CT molecular complexity index is 2060. The first-order chi connectivity index (χ1) is 23.9. The first-order valence-electron chi connectivity index (χ1n) is 14.0. The summed E-state index contributed by atoms with van der Waals surface area (Å²) in [4.78, 5) is 35.6. The number of nitrogens with two attached hydrogens (primary N) is 1. The number of fused-ring (bicyclic) bond motifs is 3. The molecule has 6 rings (SSSR count). The number of hydrazine groups is 1. The van der Waals surface area contributed by atoms with Crippen molar-refractivity contribution in [3.63, 3.8) is 0 Å². The second-order valence-electron chi connectivity index (χ2n) is 9.30. The molecule has 0 bridgehead atoms. The Balaban J connectivity index is 0.000000360. The predicted octanol–water partition coefficient (Wildman–Crippen LogP) is 9.52. The number of ether oxygens (including phenoxy) is 2. The number of hydrogen-bond donors (Lipinski definition) is 5. The Kier molecular flexibility index (Phi) is 18.9. The average Bonchev–Trinajstić information content (AvgIpc) is 3.12. The van der Waals surface area contributed by atoms with Crippen LogP contribution in [0.5, 0.6) is 0 Å². The Morgan fingerprint density at radius 3 is 1.64 bits per heavy atom. The maximum absolute atomic E-state index is 11.6. The maximum atomic E-state index is 11.6. The van der Waals surface area contributed by atoms with Crippen molar-refractivity contribution < 1.29 is 25.6 Å². The van der Waals surface area contributed by atoms with E-state index in [-0.39, 0.29) is 13.2 Å². The fourth-order valence-electron chi connectivity index (χ4n) is 3.97. The van der Waals surface area contributed by atoms with Gasteiger partial charge in [-0.05, 0) is 154 Å². The molecule has 0 aliphatic rings. The lowest BCUT2D eigenvalue weighted by molar-refractivity contribution is 0.0592. The molecule has 0 amide bonds. The standard InChI is InChI=1S/C11H7ClINO2.C11H10IN3O2.C9H5ClIN.C2H6O.H2N2.H2/c1-16-11(15)8-5-6-4-7(13)2-3-9(6)14-10(8)12;1-17-11(16)8-5-6-4-7(12)2-3-9(6)14-10(8)15-13;10-9-4-1-6-5-7(11)2-3-8(6)12-9;1-2-3;1-2;/h2-5H,1H3;2-5H,13H2,1H3,(H,14,15);1-5H;3H,2H2,1H3;1-2H;1H. The normalized spacial score (nSPS) is 9.80. The molecule has 0 atom stereocenters. The van der Waals surface area contributed by atoms with E-state index >= 15 is 0 Å². The number of hydrogen-bond acceptors (Lipinski definition) is 12. The number of rotatable bonds is 3. The van der Waals surface area contributed by atoms with Crippen molar-refractivity contribution in [1.29, 1.82) is 11.1 Å². The molecule has 3 aromatic carbocycles. The fraction of sp³-hybridized carbons (Fsp3) is 0.121. The molecule has 0 aliphatic carbocycles. The highest BCUT2D eigenvalue weighted by molar-refractivity contribution is 14.1. The number of carbonyl (C=O) groups is 2. The lowest BCUT2D eigenvalue weighted by Crippen LogP contribution is -2.14. The van der Waals surface area contributed by atoms with Crippen LogP contribution in [0.1, 0.15) is 29.1 Å². The highest BCUT2D eigenvalue weighted by atomic mass is 127. The highest BCUT2D eigenvalue weighted by Gasteiger charge is 2.15. The molecule has 0 aliphatic heterocycles. The zero-order valence-electron chi connectivity index (χ0n) is 26.6. The van der Waals surface area contributed by atoms with Crippen LogP contribution in [0.2, 0.25) is 10.3 Å². The lowest BCUT2D eigenvalue weighted by atomic mass is 10.1. The molecule has 6 N–H and O–H groups in total. The Labute approximate surface area is 340 Å². The van der Waals surface area contributed by atoms with E-state index in [4.69, 9.17) is 45.2 Å². The second kappa shape index (κ2) is 22.0. The number of nitrogens with one attached hydrogen (secondary N) is 3.